The summed E-state index contributed by atoms with van der Waals surface area (Å²) < 4.78 is 29.7. The fraction of sp³-hybridized carbons (Fsp3) is 0.0909. The van der Waals surface area contributed by atoms with Crippen LogP contribution in [0.3, 0.4) is 0 Å². The predicted molar refractivity (Wildman–Crippen MR) is 112 cm³/mol. The molecule has 0 spiro atoms. The average molecular weight is 408 g/mol. The summed E-state index contributed by atoms with van der Waals surface area (Å²) in [5.41, 5.74) is 3.14. The quantitative estimate of drug-likeness (QED) is 0.291. The zero-order valence-electron chi connectivity index (χ0n) is 16.0. The fourth-order valence-electron chi connectivity index (χ4n) is 2.42. The second-order valence-electron chi connectivity index (χ2n) is 6.49. The van der Waals surface area contributed by atoms with Gasteiger partial charge in [0.25, 0.3) is 10.0 Å². The van der Waals surface area contributed by atoms with E-state index in [0.29, 0.717) is 16.9 Å². The Morgan fingerprint density at radius 3 is 2.00 bits per heavy atom. The SMILES string of the molecule is Cc1ccc(C(=O)Oc2ccc(/C=N/NS(=O)(=O)c3ccc(C)cc3)cc2)cc1. The molecule has 0 unspecified atom stereocenters. The third-order valence-corrected chi connectivity index (χ3v) is 5.33. The van der Waals surface area contributed by atoms with E-state index in [1.807, 2.05) is 26.0 Å². The summed E-state index contributed by atoms with van der Waals surface area (Å²) in [5.74, 6) is -0.0646. The number of nitrogens with zero attached hydrogens (tertiary/aromatic N) is 1. The smallest absolute Gasteiger partial charge is 0.343 e. The number of benzene rings is 3. The summed E-state index contributed by atoms with van der Waals surface area (Å²) in [6.07, 6.45) is 1.37. The average Bonchev–Trinajstić information content (AvgIpc) is 2.70. The second-order valence-corrected chi connectivity index (χ2v) is 8.15. The Kier molecular flexibility index (Phi) is 6.09. The van der Waals surface area contributed by atoms with E-state index < -0.39 is 16.0 Å². The molecule has 0 aliphatic heterocycles. The van der Waals surface area contributed by atoms with Crippen LogP contribution in [0, 0.1) is 13.8 Å². The molecule has 29 heavy (non-hydrogen) atoms. The number of hydrogen-bond acceptors (Lipinski definition) is 5. The van der Waals surface area contributed by atoms with Gasteiger partial charge in [-0.05, 0) is 67.9 Å². The van der Waals surface area contributed by atoms with E-state index in [9.17, 15) is 13.2 Å². The Hall–Kier alpha value is -3.45. The number of rotatable bonds is 6. The first-order chi connectivity index (χ1) is 13.8. The van der Waals surface area contributed by atoms with Crippen molar-refractivity contribution in [3.8, 4) is 5.75 Å². The predicted octanol–water partition coefficient (Wildman–Crippen LogP) is 3.84. The van der Waals surface area contributed by atoms with Crippen molar-refractivity contribution < 1.29 is 17.9 Å². The summed E-state index contributed by atoms with van der Waals surface area (Å²) >= 11 is 0. The van der Waals surface area contributed by atoms with E-state index in [1.54, 1.807) is 48.5 Å². The van der Waals surface area contributed by atoms with Crippen molar-refractivity contribution in [2.75, 3.05) is 0 Å². The summed E-state index contributed by atoms with van der Waals surface area (Å²) in [5, 5.41) is 3.79. The zero-order chi connectivity index (χ0) is 20.9. The summed E-state index contributed by atoms with van der Waals surface area (Å²) in [6.45, 7) is 3.82. The number of nitrogens with one attached hydrogen (secondary N) is 1. The largest absolute Gasteiger partial charge is 0.423 e. The second kappa shape index (κ2) is 8.70. The number of aryl methyl sites for hydroxylation is 2. The lowest BCUT2D eigenvalue weighted by Crippen LogP contribution is -2.18. The minimum Gasteiger partial charge on any atom is -0.423 e. The van der Waals surface area contributed by atoms with Crippen LogP contribution in [0.2, 0.25) is 0 Å². The van der Waals surface area contributed by atoms with Crippen LogP contribution in [0.4, 0.5) is 0 Å². The van der Waals surface area contributed by atoms with Crippen molar-refractivity contribution in [2.45, 2.75) is 18.7 Å². The molecule has 7 heteroatoms. The highest BCUT2D eigenvalue weighted by Gasteiger charge is 2.12. The fourth-order valence-corrected chi connectivity index (χ4v) is 3.21. The number of carbonyl (C=O) groups excluding carboxylic acids is 1. The molecule has 0 fully saturated rings. The maximum absolute atomic E-state index is 12.2. The highest BCUT2D eigenvalue weighted by Crippen LogP contribution is 2.14. The van der Waals surface area contributed by atoms with Gasteiger partial charge in [0.15, 0.2) is 0 Å². The first-order valence-corrected chi connectivity index (χ1v) is 10.3. The van der Waals surface area contributed by atoms with Crippen LogP contribution in [-0.4, -0.2) is 20.6 Å². The van der Waals surface area contributed by atoms with E-state index in [-0.39, 0.29) is 4.90 Å². The minimum atomic E-state index is -3.72. The normalized spacial score (nSPS) is 11.4. The summed E-state index contributed by atoms with van der Waals surface area (Å²) in [6, 6.07) is 20.1. The van der Waals surface area contributed by atoms with Crippen molar-refractivity contribution in [3.63, 3.8) is 0 Å². The Morgan fingerprint density at radius 1 is 0.862 bits per heavy atom. The molecule has 0 heterocycles. The number of hydrogen-bond donors (Lipinski definition) is 1. The molecule has 1 N–H and O–H groups in total. The third kappa shape index (κ3) is 5.52. The number of sulfonamides is 1. The van der Waals surface area contributed by atoms with Gasteiger partial charge in [0.2, 0.25) is 0 Å². The lowest BCUT2D eigenvalue weighted by atomic mass is 10.1. The van der Waals surface area contributed by atoms with Crippen molar-refractivity contribution in [1.29, 1.82) is 0 Å². The van der Waals surface area contributed by atoms with Crippen LogP contribution in [0.5, 0.6) is 5.75 Å². The Balaban J connectivity index is 1.60. The van der Waals surface area contributed by atoms with Gasteiger partial charge in [-0.2, -0.15) is 13.5 Å². The number of hydrazone groups is 1. The van der Waals surface area contributed by atoms with E-state index in [0.717, 1.165) is 11.1 Å². The monoisotopic (exact) mass is 408 g/mol. The molecule has 0 radical (unpaired) electrons. The molecule has 148 valence electrons. The first kappa shape index (κ1) is 20.3. The van der Waals surface area contributed by atoms with Crippen LogP contribution >= 0.6 is 0 Å². The maximum atomic E-state index is 12.2. The van der Waals surface area contributed by atoms with Crippen LogP contribution in [0.15, 0.2) is 82.8 Å². The van der Waals surface area contributed by atoms with Crippen LogP contribution in [0.1, 0.15) is 27.0 Å². The summed E-state index contributed by atoms with van der Waals surface area (Å²) in [4.78, 5) is 14.4. The van der Waals surface area contributed by atoms with Crippen LogP contribution in [0.25, 0.3) is 0 Å². The molecule has 3 aromatic carbocycles. The van der Waals surface area contributed by atoms with Crippen LogP contribution < -0.4 is 9.57 Å². The molecular weight excluding hydrogens is 388 g/mol. The summed E-state index contributed by atoms with van der Waals surface area (Å²) in [7, 11) is -3.72. The van der Waals surface area contributed by atoms with Crippen molar-refractivity contribution in [3.05, 3.63) is 95.1 Å². The number of esters is 1. The Morgan fingerprint density at radius 2 is 1.41 bits per heavy atom. The van der Waals surface area contributed by atoms with Gasteiger partial charge < -0.3 is 4.74 Å². The molecular formula is C22H20N2O4S. The first-order valence-electron chi connectivity index (χ1n) is 8.84. The highest BCUT2D eigenvalue weighted by molar-refractivity contribution is 7.89. The molecule has 0 saturated carbocycles. The van der Waals surface area contributed by atoms with Gasteiger partial charge in [0, 0.05) is 0 Å². The van der Waals surface area contributed by atoms with Gasteiger partial charge in [0.1, 0.15) is 5.75 Å². The van der Waals surface area contributed by atoms with Gasteiger partial charge in [-0.3, -0.25) is 0 Å². The van der Waals surface area contributed by atoms with E-state index in [4.69, 9.17) is 4.74 Å². The van der Waals surface area contributed by atoms with E-state index >= 15 is 0 Å². The van der Waals surface area contributed by atoms with Gasteiger partial charge in [-0.1, -0.05) is 35.4 Å². The lowest BCUT2D eigenvalue weighted by Gasteiger charge is -2.05. The number of carbonyl (C=O) groups is 1. The number of ether oxygens (including phenoxy) is 1. The molecule has 0 aliphatic carbocycles. The van der Waals surface area contributed by atoms with Crippen LogP contribution in [-0.2, 0) is 10.0 Å². The maximum Gasteiger partial charge on any atom is 0.343 e. The molecule has 0 aliphatic rings. The standard InChI is InChI=1S/C22H20N2O4S/c1-16-3-9-19(10-4-16)22(25)28-20-11-7-18(8-12-20)15-23-24-29(26,27)21-13-5-17(2)6-14-21/h3-15,24H,1-2H3/b23-15+. The Bertz CT molecular complexity index is 1120. The zero-order valence-corrected chi connectivity index (χ0v) is 16.8. The van der Waals surface area contributed by atoms with Gasteiger partial charge in [-0.15, -0.1) is 0 Å². The molecule has 0 amide bonds. The molecule has 3 aromatic rings. The van der Waals surface area contributed by atoms with E-state index in [2.05, 4.69) is 9.93 Å². The molecule has 0 atom stereocenters. The molecule has 0 aromatic heterocycles. The molecule has 6 nitrogen and oxygen atoms in total. The molecule has 3 rings (SSSR count). The molecule has 0 saturated heterocycles. The van der Waals surface area contributed by atoms with E-state index in [1.165, 1.54) is 18.3 Å². The lowest BCUT2D eigenvalue weighted by molar-refractivity contribution is 0.0734. The third-order valence-electron chi connectivity index (χ3n) is 4.10. The van der Waals surface area contributed by atoms with Crippen molar-refractivity contribution in [1.82, 2.24) is 4.83 Å². The van der Waals surface area contributed by atoms with Crippen molar-refractivity contribution in [2.24, 2.45) is 5.10 Å². The molecule has 0 bridgehead atoms. The van der Waals surface area contributed by atoms with Crippen molar-refractivity contribution >= 4 is 22.2 Å². The minimum absolute atomic E-state index is 0.138. The topological polar surface area (TPSA) is 84.8 Å². The highest BCUT2D eigenvalue weighted by atomic mass is 32.2. The van der Waals surface area contributed by atoms with Gasteiger partial charge in [0.05, 0.1) is 16.7 Å². The van der Waals surface area contributed by atoms with Gasteiger partial charge in [-0.25, -0.2) is 9.63 Å². The Labute approximate surface area is 169 Å². The van der Waals surface area contributed by atoms with Gasteiger partial charge >= 0.3 is 5.97 Å².